The van der Waals surface area contributed by atoms with E-state index in [9.17, 15) is 4.79 Å². The molecule has 1 rings (SSSR count). The fourth-order valence-corrected chi connectivity index (χ4v) is 2.02. The summed E-state index contributed by atoms with van der Waals surface area (Å²) in [4.78, 5) is 13.7. The maximum Gasteiger partial charge on any atom is 0.159 e. The molecule has 0 aromatic heterocycles. The van der Waals surface area contributed by atoms with E-state index in [2.05, 4.69) is 18.9 Å². The van der Waals surface area contributed by atoms with Gasteiger partial charge in [-0.3, -0.25) is 4.79 Å². The van der Waals surface area contributed by atoms with Crippen molar-refractivity contribution in [2.24, 2.45) is 0 Å². The van der Waals surface area contributed by atoms with Crippen LogP contribution in [0.25, 0.3) is 0 Å². The van der Waals surface area contributed by atoms with Gasteiger partial charge in [0, 0.05) is 17.7 Å². The number of carbonyl (C=O) groups is 1. The average molecular weight is 263 g/mol. The first-order chi connectivity index (χ1) is 9.08. The number of Topliss-reactive ketones (excluding diaryl/α,β-unsaturated/α-hetero) is 1. The molecule has 0 unspecified atom stereocenters. The predicted molar refractivity (Wildman–Crippen MR) is 78.9 cm³/mol. The van der Waals surface area contributed by atoms with Gasteiger partial charge in [0.15, 0.2) is 5.78 Å². The van der Waals surface area contributed by atoms with E-state index >= 15 is 0 Å². The van der Waals surface area contributed by atoms with E-state index in [4.69, 9.17) is 4.74 Å². The van der Waals surface area contributed by atoms with Gasteiger partial charge in [-0.05, 0) is 52.1 Å². The second kappa shape index (κ2) is 7.95. The van der Waals surface area contributed by atoms with Crippen LogP contribution in [0.5, 0.6) is 5.75 Å². The first-order valence-electron chi connectivity index (χ1n) is 7.03. The van der Waals surface area contributed by atoms with Crippen LogP contribution in [0, 0.1) is 0 Å². The highest BCUT2D eigenvalue weighted by molar-refractivity contribution is 5.94. The second-order valence-corrected chi connectivity index (χ2v) is 4.90. The summed E-state index contributed by atoms with van der Waals surface area (Å²) in [7, 11) is 2.10. The van der Waals surface area contributed by atoms with Crippen molar-refractivity contribution >= 4 is 5.78 Å². The molecule has 1 aromatic carbocycles. The van der Waals surface area contributed by atoms with E-state index < -0.39 is 0 Å². The van der Waals surface area contributed by atoms with Crippen LogP contribution in [0.1, 0.15) is 49.5 Å². The zero-order valence-corrected chi connectivity index (χ0v) is 12.5. The third-order valence-corrected chi connectivity index (χ3v) is 3.10. The number of rotatable bonds is 8. The summed E-state index contributed by atoms with van der Waals surface area (Å²) in [6, 6.07) is 5.70. The molecular weight excluding hydrogens is 238 g/mol. The molecule has 19 heavy (non-hydrogen) atoms. The lowest BCUT2D eigenvalue weighted by atomic mass is 10.1. The number of unbranched alkanes of at least 4 members (excludes halogenated alkanes) is 1. The molecule has 0 saturated heterocycles. The Kier molecular flexibility index (Phi) is 6.57. The average Bonchev–Trinajstić information content (AvgIpc) is 2.38. The maximum atomic E-state index is 11.5. The van der Waals surface area contributed by atoms with Crippen molar-refractivity contribution in [3.05, 3.63) is 29.3 Å². The Hall–Kier alpha value is -1.35. The summed E-state index contributed by atoms with van der Waals surface area (Å²) in [6.45, 7) is 8.29. The molecule has 0 radical (unpaired) electrons. The molecule has 0 N–H and O–H groups in total. The Morgan fingerprint density at radius 1 is 1.32 bits per heavy atom. The largest absolute Gasteiger partial charge is 0.494 e. The number of nitrogens with zero attached hydrogens (tertiary/aromatic N) is 1. The van der Waals surface area contributed by atoms with Crippen LogP contribution in [0.2, 0.25) is 0 Å². The Bertz CT molecular complexity index is 415. The first kappa shape index (κ1) is 15.7. The van der Waals surface area contributed by atoms with Crippen molar-refractivity contribution in [1.29, 1.82) is 0 Å². The number of hydrogen-bond acceptors (Lipinski definition) is 3. The molecule has 0 aliphatic carbocycles. The lowest BCUT2D eigenvalue weighted by molar-refractivity contribution is 0.101. The summed E-state index contributed by atoms with van der Waals surface area (Å²) < 4.78 is 5.64. The van der Waals surface area contributed by atoms with Gasteiger partial charge in [-0.15, -0.1) is 0 Å². The van der Waals surface area contributed by atoms with Crippen molar-refractivity contribution in [3.8, 4) is 5.75 Å². The number of carbonyl (C=O) groups excluding carboxylic acids is 1. The Morgan fingerprint density at radius 2 is 2.05 bits per heavy atom. The predicted octanol–water partition coefficient (Wildman–Crippen LogP) is 3.52. The standard InChI is InChI=1S/C16H25NO2/c1-5-7-10-17(4)12-15-11-14(13(3)18)8-9-16(15)19-6-2/h8-9,11H,5-7,10,12H2,1-4H3. The second-order valence-electron chi connectivity index (χ2n) is 4.90. The van der Waals surface area contributed by atoms with E-state index in [1.807, 2.05) is 25.1 Å². The molecule has 0 amide bonds. The highest BCUT2D eigenvalue weighted by Crippen LogP contribution is 2.22. The summed E-state index contributed by atoms with van der Waals surface area (Å²) in [6.07, 6.45) is 2.38. The van der Waals surface area contributed by atoms with E-state index in [1.54, 1.807) is 6.92 Å². The Labute approximate surface area is 116 Å². The fourth-order valence-electron chi connectivity index (χ4n) is 2.02. The molecule has 0 aliphatic rings. The first-order valence-corrected chi connectivity index (χ1v) is 7.03. The van der Waals surface area contributed by atoms with Gasteiger partial charge in [0.2, 0.25) is 0 Å². The highest BCUT2D eigenvalue weighted by Gasteiger charge is 2.09. The monoisotopic (exact) mass is 263 g/mol. The third-order valence-electron chi connectivity index (χ3n) is 3.10. The Balaban J connectivity index is 2.87. The van der Waals surface area contributed by atoms with Gasteiger partial charge in [0.05, 0.1) is 6.61 Å². The molecule has 1 aromatic rings. The van der Waals surface area contributed by atoms with Crippen LogP contribution < -0.4 is 4.74 Å². The fraction of sp³-hybridized carbons (Fsp3) is 0.562. The summed E-state index contributed by atoms with van der Waals surface area (Å²) in [5, 5.41) is 0. The SMILES string of the molecule is CCCCN(C)Cc1cc(C(C)=O)ccc1OCC. The highest BCUT2D eigenvalue weighted by atomic mass is 16.5. The van der Waals surface area contributed by atoms with Crippen molar-refractivity contribution in [3.63, 3.8) is 0 Å². The van der Waals surface area contributed by atoms with Gasteiger partial charge >= 0.3 is 0 Å². The minimum Gasteiger partial charge on any atom is -0.494 e. The summed E-state index contributed by atoms with van der Waals surface area (Å²) >= 11 is 0. The Morgan fingerprint density at radius 3 is 2.63 bits per heavy atom. The molecule has 3 heteroatoms. The lowest BCUT2D eigenvalue weighted by Crippen LogP contribution is -2.19. The molecule has 0 atom stereocenters. The molecule has 3 nitrogen and oxygen atoms in total. The van der Waals surface area contributed by atoms with Crippen molar-refractivity contribution < 1.29 is 9.53 Å². The lowest BCUT2D eigenvalue weighted by Gasteiger charge is -2.19. The van der Waals surface area contributed by atoms with Crippen molar-refractivity contribution in [2.75, 3.05) is 20.2 Å². The molecular formula is C16H25NO2. The zero-order valence-electron chi connectivity index (χ0n) is 12.5. The normalized spacial score (nSPS) is 10.8. The van der Waals surface area contributed by atoms with Crippen LogP contribution in [0.3, 0.4) is 0 Å². The van der Waals surface area contributed by atoms with Crippen LogP contribution in [-0.4, -0.2) is 30.9 Å². The van der Waals surface area contributed by atoms with E-state index in [-0.39, 0.29) is 5.78 Å². The molecule has 0 spiro atoms. The van der Waals surface area contributed by atoms with E-state index in [0.717, 1.165) is 30.0 Å². The molecule has 0 bridgehead atoms. The number of ketones is 1. The summed E-state index contributed by atoms with van der Waals surface area (Å²) in [5.74, 6) is 0.983. The molecule has 0 saturated carbocycles. The van der Waals surface area contributed by atoms with Crippen molar-refractivity contribution in [1.82, 2.24) is 4.90 Å². The van der Waals surface area contributed by atoms with Crippen LogP contribution in [0.4, 0.5) is 0 Å². The van der Waals surface area contributed by atoms with Gasteiger partial charge in [-0.1, -0.05) is 13.3 Å². The zero-order chi connectivity index (χ0) is 14.3. The third kappa shape index (κ3) is 5.03. The number of ether oxygens (including phenoxy) is 1. The smallest absolute Gasteiger partial charge is 0.159 e. The number of benzene rings is 1. The maximum absolute atomic E-state index is 11.5. The van der Waals surface area contributed by atoms with Gasteiger partial charge in [0.1, 0.15) is 5.75 Å². The minimum atomic E-state index is 0.0977. The number of hydrogen-bond donors (Lipinski definition) is 0. The van der Waals surface area contributed by atoms with Gasteiger partial charge in [-0.2, -0.15) is 0 Å². The van der Waals surface area contributed by atoms with Crippen LogP contribution in [-0.2, 0) is 6.54 Å². The quantitative estimate of drug-likeness (QED) is 0.672. The van der Waals surface area contributed by atoms with Crippen LogP contribution >= 0.6 is 0 Å². The topological polar surface area (TPSA) is 29.5 Å². The molecule has 0 heterocycles. The van der Waals surface area contributed by atoms with Crippen molar-refractivity contribution in [2.45, 2.75) is 40.2 Å². The van der Waals surface area contributed by atoms with Gasteiger partial charge in [-0.25, -0.2) is 0 Å². The molecule has 0 fully saturated rings. The van der Waals surface area contributed by atoms with E-state index in [1.165, 1.54) is 12.8 Å². The van der Waals surface area contributed by atoms with Gasteiger partial charge < -0.3 is 9.64 Å². The van der Waals surface area contributed by atoms with E-state index in [0.29, 0.717) is 6.61 Å². The molecule has 106 valence electrons. The molecule has 0 aliphatic heterocycles. The minimum absolute atomic E-state index is 0.0977. The van der Waals surface area contributed by atoms with Gasteiger partial charge in [0.25, 0.3) is 0 Å². The van der Waals surface area contributed by atoms with Crippen LogP contribution in [0.15, 0.2) is 18.2 Å². The summed E-state index contributed by atoms with van der Waals surface area (Å²) in [5.41, 5.74) is 1.84.